The van der Waals surface area contributed by atoms with Gasteiger partial charge in [-0.3, -0.25) is 0 Å². The van der Waals surface area contributed by atoms with Crippen molar-refractivity contribution in [1.29, 1.82) is 0 Å². The van der Waals surface area contributed by atoms with Gasteiger partial charge in [-0.15, -0.1) is 0 Å². The van der Waals surface area contributed by atoms with Gasteiger partial charge in [0.15, 0.2) is 11.5 Å². The fraction of sp³-hybridized carbons (Fsp3) is 0.429. The van der Waals surface area contributed by atoms with Gasteiger partial charge in [-0.25, -0.2) is 0 Å². The number of nitrogens with one attached hydrogen (secondary N) is 1. The van der Waals surface area contributed by atoms with Crippen LogP contribution in [0.15, 0.2) is 42.5 Å². The third kappa shape index (κ3) is 6.26. The van der Waals surface area contributed by atoms with Crippen molar-refractivity contribution in [2.24, 2.45) is 0 Å². The van der Waals surface area contributed by atoms with Gasteiger partial charge in [0.2, 0.25) is 0 Å². The molecule has 2 aromatic rings. The van der Waals surface area contributed by atoms with Crippen molar-refractivity contribution >= 4 is 11.6 Å². The molecule has 0 saturated carbocycles. The van der Waals surface area contributed by atoms with E-state index in [1.165, 1.54) is 19.3 Å². The van der Waals surface area contributed by atoms with Gasteiger partial charge < -0.3 is 14.8 Å². The van der Waals surface area contributed by atoms with Crippen LogP contribution in [0.4, 0.5) is 0 Å². The molecule has 0 aliphatic carbocycles. The molecule has 0 bridgehead atoms. The predicted octanol–water partition coefficient (Wildman–Crippen LogP) is 5.60. The van der Waals surface area contributed by atoms with E-state index in [9.17, 15) is 0 Å². The Kier molecular flexibility index (Phi) is 8.64. The highest BCUT2D eigenvalue weighted by Gasteiger charge is 2.12. The van der Waals surface area contributed by atoms with Crippen LogP contribution in [0.5, 0.6) is 11.5 Å². The Balaban J connectivity index is 2.08. The molecule has 136 valence electrons. The van der Waals surface area contributed by atoms with E-state index in [1.807, 2.05) is 43.3 Å². The lowest BCUT2D eigenvalue weighted by Crippen LogP contribution is -2.16. The molecular formula is C21H28ClNO2. The number of rotatable bonds is 11. The zero-order valence-electron chi connectivity index (χ0n) is 15.2. The summed E-state index contributed by atoms with van der Waals surface area (Å²) >= 11 is 6.24. The quantitative estimate of drug-likeness (QED) is 0.528. The van der Waals surface area contributed by atoms with E-state index in [4.69, 9.17) is 21.1 Å². The van der Waals surface area contributed by atoms with Crippen molar-refractivity contribution in [3.63, 3.8) is 0 Å². The molecule has 1 N–H and O–H groups in total. The third-order valence-corrected chi connectivity index (χ3v) is 4.33. The highest BCUT2D eigenvalue weighted by atomic mass is 35.5. The van der Waals surface area contributed by atoms with Crippen molar-refractivity contribution in [2.45, 2.75) is 46.3 Å². The normalized spacial score (nSPS) is 10.7. The Labute approximate surface area is 156 Å². The fourth-order valence-electron chi connectivity index (χ4n) is 2.62. The van der Waals surface area contributed by atoms with E-state index in [1.54, 1.807) is 0 Å². The van der Waals surface area contributed by atoms with Gasteiger partial charge in [-0.05, 0) is 32.0 Å². The van der Waals surface area contributed by atoms with Crippen LogP contribution >= 0.6 is 11.6 Å². The first-order valence-electron chi connectivity index (χ1n) is 9.07. The summed E-state index contributed by atoms with van der Waals surface area (Å²) in [5.41, 5.74) is 2.08. The zero-order valence-corrected chi connectivity index (χ0v) is 15.9. The third-order valence-electron chi connectivity index (χ3n) is 3.96. The smallest absolute Gasteiger partial charge is 0.166 e. The second kappa shape index (κ2) is 11.0. The number of unbranched alkanes of at least 4 members (excludes halogenated alkanes) is 2. The lowest BCUT2D eigenvalue weighted by atomic mass is 10.1. The zero-order chi connectivity index (χ0) is 17.9. The van der Waals surface area contributed by atoms with Crippen LogP contribution in [0.25, 0.3) is 0 Å². The highest BCUT2D eigenvalue weighted by Crippen LogP contribution is 2.32. The topological polar surface area (TPSA) is 30.5 Å². The maximum absolute atomic E-state index is 6.24. The molecule has 0 radical (unpaired) electrons. The lowest BCUT2D eigenvalue weighted by Gasteiger charge is -2.17. The molecule has 0 unspecified atom stereocenters. The first-order chi connectivity index (χ1) is 12.3. The molecule has 2 aromatic carbocycles. The minimum Gasteiger partial charge on any atom is -0.490 e. The Morgan fingerprint density at radius 1 is 0.920 bits per heavy atom. The first-order valence-corrected chi connectivity index (χ1v) is 9.45. The monoisotopic (exact) mass is 361 g/mol. The summed E-state index contributed by atoms with van der Waals surface area (Å²) in [7, 11) is 0. The van der Waals surface area contributed by atoms with E-state index < -0.39 is 0 Å². The Bertz CT molecular complexity index is 646. The van der Waals surface area contributed by atoms with Gasteiger partial charge in [0, 0.05) is 22.7 Å². The predicted molar refractivity (Wildman–Crippen MR) is 105 cm³/mol. The number of para-hydroxylation sites is 1. The molecule has 0 saturated heterocycles. The lowest BCUT2D eigenvalue weighted by molar-refractivity contribution is 0.266. The average Bonchev–Trinajstić information content (AvgIpc) is 2.62. The van der Waals surface area contributed by atoms with Crippen molar-refractivity contribution in [3.05, 3.63) is 58.6 Å². The van der Waals surface area contributed by atoms with Gasteiger partial charge in [0.25, 0.3) is 0 Å². The molecule has 0 aliphatic heterocycles. The highest BCUT2D eigenvalue weighted by molar-refractivity contribution is 6.31. The first kappa shape index (κ1) is 19.6. The van der Waals surface area contributed by atoms with E-state index >= 15 is 0 Å². The van der Waals surface area contributed by atoms with Crippen LogP contribution in [0, 0.1) is 0 Å². The van der Waals surface area contributed by atoms with Gasteiger partial charge in [0.1, 0.15) is 6.61 Å². The number of hydrogen-bond donors (Lipinski definition) is 1. The van der Waals surface area contributed by atoms with Gasteiger partial charge in [-0.2, -0.15) is 0 Å². The SMILES string of the molecule is CCCCCNCc1cccc(OCC)c1OCc1ccccc1Cl. The largest absolute Gasteiger partial charge is 0.490 e. The summed E-state index contributed by atoms with van der Waals surface area (Å²) in [5, 5.41) is 4.21. The summed E-state index contributed by atoms with van der Waals surface area (Å²) in [6.07, 6.45) is 3.67. The average molecular weight is 362 g/mol. The van der Waals surface area contributed by atoms with E-state index in [2.05, 4.69) is 18.3 Å². The molecule has 2 rings (SSSR count). The second-order valence-electron chi connectivity index (χ2n) is 5.94. The Morgan fingerprint density at radius 3 is 2.48 bits per heavy atom. The van der Waals surface area contributed by atoms with E-state index in [0.717, 1.165) is 40.7 Å². The Morgan fingerprint density at radius 2 is 1.72 bits per heavy atom. The molecule has 0 aromatic heterocycles. The van der Waals surface area contributed by atoms with E-state index in [-0.39, 0.29) is 0 Å². The van der Waals surface area contributed by atoms with Crippen LogP contribution in [-0.2, 0) is 13.2 Å². The van der Waals surface area contributed by atoms with Crippen LogP contribution in [0.2, 0.25) is 5.02 Å². The maximum Gasteiger partial charge on any atom is 0.166 e. The van der Waals surface area contributed by atoms with Crippen molar-refractivity contribution < 1.29 is 9.47 Å². The fourth-order valence-corrected chi connectivity index (χ4v) is 2.81. The standard InChI is InChI=1S/C21H28ClNO2/c1-3-5-8-14-23-15-17-11-9-13-20(24-4-2)21(17)25-16-18-10-6-7-12-19(18)22/h6-7,9-13,23H,3-5,8,14-16H2,1-2H3. The van der Waals surface area contributed by atoms with Gasteiger partial charge in [0.05, 0.1) is 6.61 Å². The number of benzene rings is 2. The summed E-state index contributed by atoms with van der Waals surface area (Å²) in [6.45, 7) is 7.00. The molecule has 0 spiro atoms. The molecule has 0 heterocycles. The van der Waals surface area contributed by atoms with Gasteiger partial charge >= 0.3 is 0 Å². The molecule has 25 heavy (non-hydrogen) atoms. The summed E-state index contributed by atoms with van der Waals surface area (Å²) in [6, 6.07) is 13.8. The number of halogens is 1. The molecule has 0 aliphatic rings. The van der Waals surface area contributed by atoms with Crippen LogP contribution in [0.3, 0.4) is 0 Å². The molecule has 4 heteroatoms. The maximum atomic E-state index is 6.24. The molecular weight excluding hydrogens is 334 g/mol. The van der Waals surface area contributed by atoms with Crippen LogP contribution < -0.4 is 14.8 Å². The van der Waals surface area contributed by atoms with Crippen molar-refractivity contribution in [3.8, 4) is 11.5 Å². The summed E-state index contributed by atoms with van der Waals surface area (Å²) < 4.78 is 11.9. The summed E-state index contributed by atoms with van der Waals surface area (Å²) in [5.74, 6) is 1.58. The molecule has 0 fully saturated rings. The molecule has 0 amide bonds. The molecule has 3 nitrogen and oxygen atoms in total. The van der Waals surface area contributed by atoms with Gasteiger partial charge in [-0.1, -0.05) is 61.7 Å². The number of hydrogen-bond acceptors (Lipinski definition) is 3. The minimum absolute atomic E-state index is 0.423. The van der Waals surface area contributed by atoms with Crippen LogP contribution in [0.1, 0.15) is 44.2 Å². The summed E-state index contributed by atoms with van der Waals surface area (Å²) in [4.78, 5) is 0. The van der Waals surface area contributed by atoms with Crippen LogP contribution in [-0.4, -0.2) is 13.2 Å². The number of ether oxygens (including phenoxy) is 2. The Hall–Kier alpha value is -1.71. The molecule has 0 atom stereocenters. The minimum atomic E-state index is 0.423. The van der Waals surface area contributed by atoms with E-state index in [0.29, 0.717) is 13.2 Å². The van der Waals surface area contributed by atoms with Crippen molar-refractivity contribution in [1.82, 2.24) is 5.32 Å². The van der Waals surface area contributed by atoms with Crippen molar-refractivity contribution in [2.75, 3.05) is 13.2 Å². The second-order valence-corrected chi connectivity index (χ2v) is 6.35.